The van der Waals surface area contributed by atoms with E-state index in [0.29, 0.717) is 6.42 Å². The molecule has 6 nitrogen and oxygen atoms in total. The standard InChI is InChI=1S/C12H26O4S.C10H8N2.Ag/c1-2-3-4-5-6-7-8-9-10-11-12-16-17(13,14)15;1-5-11-6-2-9(1)10-3-7-12-8-4-10;/h2-12H2,1H3,(H,13,14,15);1-8H;/q;;+1/p-1. The molecule has 8 heteroatoms. The molecule has 0 aromatic carbocycles. The summed E-state index contributed by atoms with van der Waals surface area (Å²) in [5, 5.41) is 0. The summed E-state index contributed by atoms with van der Waals surface area (Å²) in [5.41, 5.74) is 2.35. The van der Waals surface area contributed by atoms with Gasteiger partial charge in [0.2, 0.25) is 10.4 Å². The number of unbranched alkanes of at least 4 members (excludes halogenated alkanes) is 9. The van der Waals surface area contributed by atoms with Crippen molar-refractivity contribution >= 4 is 10.4 Å². The predicted octanol–water partition coefficient (Wildman–Crippen LogP) is 5.53. The largest absolute Gasteiger partial charge is 1.00 e. The summed E-state index contributed by atoms with van der Waals surface area (Å²) < 4.78 is 34.5. The van der Waals surface area contributed by atoms with Gasteiger partial charge in [0.25, 0.3) is 0 Å². The molecule has 0 amide bonds. The van der Waals surface area contributed by atoms with Crippen molar-refractivity contribution in [3.8, 4) is 11.1 Å². The molecule has 30 heavy (non-hydrogen) atoms. The van der Waals surface area contributed by atoms with E-state index in [0.717, 1.165) is 12.8 Å². The molecular weight excluding hydrogens is 496 g/mol. The monoisotopic (exact) mass is 528 g/mol. The van der Waals surface area contributed by atoms with E-state index in [2.05, 4.69) is 21.1 Å². The summed E-state index contributed by atoms with van der Waals surface area (Å²) in [5.74, 6) is 0. The first-order chi connectivity index (χ1) is 14.0. The van der Waals surface area contributed by atoms with Gasteiger partial charge in [-0.3, -0.25) is 14.2 Å². The van der Waals surface area contributed by atoms with Crippen molar-refractivity contribution in [2.24, 2.45) is 0 Å². The summed E-state index contributed by atoms with van der Waals surface area (Å²) in [6.45, 7) is 2.24. The van der Waals surface area contributed by atoms with Gasteiger partial charge in [-0.1, -0.05) is 64.7 Å². The van der Waals surface area contributed by atoms with Crippen LogP contribution in [0.15, 0.2) is 49.1 Å². The van der Waals surface area contributed by atoms with Crippen LogP contribution in [0.1, 0.15) is 71.1 Å². The van der Waals surface area contributed by atoms with Crippen LogP contribution in [0.2, 0.25) is 0 Å². The van der Waals surface area contributed by atoms with Gasteiger partial charge in [-0.2, -0.15) is 0 Å². The fraction of sp³-hybridized carbons (Fsp3) is 0.545. The molecule has 0 fully saturated rings. The number of pyridine rings is 2. The summed E-state index contributed by atoms with van der Waals surface area (Å²) in [6, 6.07) is 7.93. The zero-order chi connectivity index (χ0) is 21.2. The van der Waals surface area contributed by atoms with Crippen LogP contribution in [0, 0.1) is 0 Å². The van der Waals surface area contributed by atoms with E-state index in [1.165, 1.54) is 56.1 Å². The first-order valence-corrected chi connectivity index (χ1v) is 11.8. The molecule has 0 unspecified atom stereocenters. The minimum Gasteiger partial charge on any atom is -0.726 e. The van der Waals surface area contributed by atoms with E-state index < -0.39 is 10.4 Å². The van der Waals surface area contributed by atoms with Crippen LogP contribution in [0.5, 0.6) is 0 Å². The van der Waals surface area contributed by atoms with Crippen LogP contribution in [-0.4, -0.2) is 29.5 Å². The third-order valence-corrected chi connectivity index (χ3v) is 4.87. The molecule has 2 aromatic rings. The van der Waals surface area contributed by atoms with Gasteiger partial charge >= 0.3 is 22.4 Å². The average molecular weight is 529 g/mol. The molecule has 0 saturated heterocycles. The molecule has 0 atom stereocenters. The second-order valence-electron chi connectivity index (χ2n) is 6.88. The Morgan fingerprint density at radius 1 is 0.733 bits per heavy atom. The van der Waals surface area contributed by atoms with Crippen LogP contribution in [0.25, 0.3) is 11.1 Å². The first-order valence-electron chi connectivity index (χ1n) is 10.4. The summed E-state index contributed by atoms with van der Waals surface area (Å²) in [4.78, 5) is 7.91. The van der Waals surface area contributed by atoms with E-state index in [1.54, 1.807) is 24.8 Å². The second-order valence-corrected chi connectivity index (χ2v) is 7.94. The fourth-order valence-corrected chi connectivity index (χ4v) is 3.16. The number of rotatable bonds is 13. The van der Waals surface area contributed by atoms with Crippen molar-refractivity contribution < 1.29 is 39.5 Å². The fourth-order valence-electron chi connectivity index (χ4n) is 2.84. The summed E-state index contributed by atoms with van der Waals surface area (Å²) >= 11 is 0. The molecule has 0 aliphatic heterocycles. The molecule has 0 radical (unpaired) electrons. The van der Waals surface area contributed by atoms with Crippen LogP contribution >= 0.6 is 0 Å². The van der Waals surface area contributed by atoms with Crippen LogP contribution in [-0.2, 0) is 37.0 Å². The van der Waals surface area contributed by atoms with Gasteiger partial charge in [-0.05, 0) is 41.8 Å². The maximum Gasteiger partial charge on any atom is 1.00 e. The molecule has 0 aliphatic carbocycles. The number of aromatic nitrogens is 2. The van der Waals surface area contributed by atoms with Crippen molar-refractivity contribution in [2.45, 2.75) is 71.1 Å². The minimum atomic E-state index is -4.48. The van der Waals surface area contributed by atoms with Crippen molar-refractivity contribution in [3.63, 3.8) is 0 Å². The van der Waals surface area contributed by atoms with Gasteiger partial charge in [0.1, 0.15) is 0 Å². The van der Waals surface area contributed by atoms with Gasteiger partial charge in [-0.25, -0.2) is 8.42 Å². The average Bonchev–Trinajstić information content (AvgIpc) is 2.73. The predicted molar refractivity (Wildman–Crippen MR) is 115 cm³/mol. The van der Waals surface area contributed by atoms with E-state index in [-0.39, 0.29) is 29.0 Å². The normalized spacial score (nSPS) is 10.6. The maximum absolute atomic E-state index is 10.1. The Morgan fingerprint density at radius 3 is 1.47 bits per heavy atom. The van der Waals surface area contributed by atoms with Crippen molar-refractivity contribution in [1.82, 2.24) is 9.97 Å². The molecule has 0 saturated carbocycles. The van der Waals surface area contributed by atoms with Gasteiger partial charge in [0.05, 0.1) is 6.61 Å². The third kappa shape index (κ3) is 16.7. The number of nitrogens with zero attached hydrogens (tertiary/aromatic N) is 2. The van der Waals surface area contributed by atoms with E-state index in [9.17, 15) is 13.0 Å². The maximum atomic E-state index is 10.1. The Balaban J connectivity index is 0.000000566. The number of hydrogen-bond donors (Lipinski definition) is 0. The molecule has 0 aliphatic rings. The van der Waals surface area contributed by atoms with Gasteiger partial charge < -0.3 is 4.55 Å². The quantitative estimate of drug-likeness (QED) is 0.147. The Kier molecular flexibility index (Phi) is 18.0. The number of hydrogen-bond acceptors (Lipinski definition) is 6. The summed E-state index contributed by atoms with van der Waals surface area (Å²) in [6.07, 6.45) is 18.8. The topological polar surface area (TPSA) is 92.2 Å². The van der Waals surface area contributed by atoms with E-state index in [4.69, 9.17) is 0 Å². The Morgan fingerprint density at radius 2 is 1.10 bits per heavy atom. The van der Waals surface area contributed by atoms with E-state index >= 15 is 0 Å². The van der Waals surface area contributed by atoms with Crippen LogP contribution < -0.4 is 0 Å². The zero-order valence-corrected chi connectivity index (χ0v) is 19.9. The molecule has 0 bridgehead atoms. The van der Waals surface area contributed by atoms with Gasteiger partial charge in [0.15, 0.2) is 0 Å². The molecule has 2 rings (SSSR count). The first kappa shape index (κ1) is 28.9. The molecular formula is C22H33AgN2O4S. The van der Waals surface area contributed by atoms with Crippen LogP contribution in [0.3, 0.4) is 0 Å². The molecule has 172 valence electrons. The van der Waals surface area contributed by atoms with Crippen LogP contribution in [0.4, 0.5) is 0 Å². The molecule has 2 aromatic heterocycles. The molecule has 2 heterocycles. The second kappa shape index (κ2) is 18.7. The van der Waals surface area contributed by atoms with Gasteiger partial charge in [-0.15, -0.1) is 0 Å². The SMILES string of the molecule is CCCCCCCCCCCCOS(=O)(=O)[O-].[Ag+].c1cc(-c2ccncc2)ccn1. The van der Waals surface area contributed by atoms with Crippen molar-refractivity contribution in [2.75, 3.05) is 6.61 Å². The Hall–Kier alpha value is -1.09. The van der Waals surface area contributed by atoms with E-state index in [1.807, 2.05) is 24.3 Å². The minimum absolute atomic E-state index is 0. The summed E-state index contributed by atoms with van der Waals surface area (Å²) in [7, 11) is -4.48. The van der Waals surface area contributed by atoms with Crippen molar-refractivity contribution in [1.29, 1.82) is 0 Å². The zero-order valence-electron chi connectivity index (χ0n) is 17.6. The van der Waals surface area contributed by atoms with Crippen molar-refractivity contribution in [3.05, 3.63) is 49.1 Å². The van der Waals surface area contributed by atoms with Gasteiger partial charge in [0, 0.05) is 24.8 Å². The molecule has 0 spiro atoms. The third-order valence-electron chi connectivity index (χ3n) is 4.42. The Labute approximate surface area is 197 Å². The smallest absolute Gasteiger partial charge is 0.726 e. The Bertz CT molecular complexity index is 694. The molecule has 0 N–H and O–H groups in total.